The fourth-order valence-corrected chi connectivity index (χ4v) is 2.87. The number of ether oxygens (including phenoxy) is 3. The highest BCUT2D eigenvalue weighted by Crippen LogP contribution is 2.39. The molecule has 2 aromatic rings. The Balaban J connectivity index is 2.42. The van der Waals surface area contributed by atoms with E-state index in [-0.39, 0.29) is 24.5 Å². The Hall–Kier alpha value is -2.70. The third kappa shape index (κ3) is 5.65. The standard InChI is InChI=1S/C22H25F3O4/c1-5-15-12-17(22(23,24)25)20(11-14(15)4)28-13-16-18(27-7-3)9-8-10-19(16)29-21(26)6-2/h8-12H,5-7,13H2,1-4H3. The van der Waals surface area contributed by atoms with Crippen molar-refractivity contribution in [1.29, 1.82) is 0 Å². The number of hydrogen-bond donors (Lipinski definition) is 0. The predicted molar refractivity (Wildman–Crippen MR) is 103 cm³/mol. The normalized spacial score (nSPS) is 11.3. The molecule has 7 heteroatoms. The molecule has 4 nitrogen and oxygen atoms in total. The molecular formula is C22H25F3O4. The first-order chi connectivity index (χ1) is 13.7. The summed E-state index contributed by atoms with van der Waals surface area (Å²) < 4.78 is 57.1. The van der Waals surface area contributed by atoms with Gasteiger partial charge in [0.15, 0.2) is 0 Å². The van der Waals surface area contributed by atoms with Gasteiger partial charge in [-0.3, -0.25) is 4.79 Å². The Labute approximate surface area is 168 Å². The van der Waals surface area contributed by atoms with E-state index in [0.29, 0.717) is 35.5 Å². The summed E-state index contributed by atoms with van der Waals surface area (Å²) in [5.74, 6) is -0.132. The van der Waals surface area contributed by atoms with E-state index in [0.717, 1.165) is 6.07 Å². The van der Waals surface area contributed by atoms with Crippen LogP contribution in [0.3, 0.4) is 0 Å². The molecule has 0 N–H and O–H groups in total. The van der Waals surface area contributed by atoms with E-state index in [4.69, 9.17) is 14.2 Å². The van der Waals surface area contributed by atoms with Crippen molar-refractivity contribution in [3.8, 4) is 17.2 Å². The van der Waals surface area contributed by atoms with Crippen molar-refractivity contribution in [1.82, 2.24) is 0 Å². The molecule has 0 bridgehead atoms. The van der Waals surface area contributed by atoms with Crippen molar-refractivity contribution in [2.24, 2.45) is 0 Å². The lowest BCUT2D eigenvalue weighted by molar-refractivity contribution is -0.139. The number of halogens is 3. The maximum atomic E-state index is 13.5. The summed E-state index contributed by atoms with van der Waals surface area (Å²) in [6.45, 7) is 7.08. The zero-order valence-corrected chi connectivity index (χ0v) is 17.0. The molecule has 0 spiro atoms. The monoisotopic (exact) mass is 410 g/mol. The third-order valence-corrected chi connectivity index (χ3v) is 4.40. The van der Waals surface area contributed by atoms with Crippen LogP contribution in [0.25, 0.3) is 0 Å². The summed E-state index contributed by atoms with van der Waals surface area (Å²) in [6.07, 6.45) is -3.90. The van der Waals surface area contributed by atoms with Crippen LogP contribution in [-0.4, -0.2) is 12.6 Å². The van der Waals surface area contributed by atoms with E-state index in [9.17, 15) is 18.0 Å². The topological polar surface area (TPSA) is 44.8 Å². The van der Waals surface area contributed by atoms with Crippen molar-refractivity contribution in [2.45, 2.75) is 53.3 Å². The first-order valence-corrected chi connectivity index (χ1v) is 9.50. The first kappa shape index (κ1) is 22.6. The minimum atomic E-state index is -4.55. The molecule has 0 atom stereocenters. The number of carbonyl (C=O) groups excluding carboxylic acids is 1. The van der Waals surface area contributed by atoms with Gasteiger partial charge in [-0.05, 0) is 55.7 Å². The minimum Gasteiger partial charge on any atom is -0.493 e. The van der Waals surface area contributed by atoms with Crippen molar-refractivity contribution >= 4 is 5.97 Å². The number of benzene rings is 2. The molecule has 0 saturated heterocycles. The molecule has 29 heavy (non-hydrogen) atoms. The Kier molecular flexibility index (Phi) is 7.53. The molecule has 0 aliphatic rings. The largest absolute Gasteiger partial charge is 0.493 e. The first-order valence-electron chi connectivity index (χ1n) is 9.50. The molecule has 0 heterocycles. The van der Waals surface area contributed by atoms with Crippen molar-refractivity contribution in [3.63, 3.8) is 0 Å². The minimum absolute atomic E-state index is 0.162. The number of aryl methyl sites for hydroxylation is 2. The highest BCUT2D eigenvalue weighted by molar-refractivity contribution is 5.72. The summed E-state index contributed by atoms with van der Waals surface area (Å²) in [7, 11) is 0. The SMILES string of the molecule is CCOc1cccc(OC(=O)CC)c1COc1cc(C)c(CC)cc1C(F)(F)F. The van der Waals surface area contributed by atoms with Crippen LogP contribution in [0.4, 0.5) is 13.2 Å². The van der Waals surface area contributed by atoms with Crippen LogP contribution >= 0.6 is 0 Å². The maximum Gasteiger partial charge on any atom is 0.419 e. The van der Waals surface area contributed by atoms with Gasteiger partial charge in [-0.25, -0.2) is 0 Å². The Morgan fingerprint density at radius 1 is 1.00 bits per heavy atom. The van der Waals surface area contributed by atoms with Crippen molar-refractivity contribution in [2.75, 3.05) is 6.61 Å². The zero-order chi connectivity index (χ0) is 21.6. The van der Waals surface area contributed by atoms with Gasteiger partial charge in [0, 0.05) is 6.42 Å². The molecule has 158 valence electrons. The average molecular weight is 410 g/mol. The quantitative estimate of drug-likeness (QED) is 0.403. The lowest BCUT2D eigenvalue weighted by atomic mass is 10.0. The Morgan fingerprint density at radius 3 is 2.28 bits per heavy atom. The van der Waals surface area contributed by atoms with E-state index < -0.39 is 17.7 Å². The van der Waals surface area contributed by atoms with Crippen LogP contribution in [0.2, 0.25) is 0 Å². The van der Waals surface area contributed by atoms with E-state index in [1.807, 2.05) is 0 Å². The van der Waals surface area contributed by atoms with E-state index in [1.54, 1.807) is 45.9 Å². The number of alkyl halides is 3. The van der Waals surface area contributed by atoms with Gasteiger partial charge in [-0.1, -0.05) is 19.9 Å². The lowest BCUT2D eigenvalue weighted by Gasteiger charge is -2.19. The van der Waals surface area contributed by atoms with E-state index in [2.05, 4.69) is 0 Å². The van der Waals surface area contributed by atoms with Crippen LogP contribution in [0, 0.1) is 6.92 Å². The van der Waals surface area contributed by atoms with Gasteiger partial charge in [-0.2, -0.15) is 13.2 Å². The van der Waals surface area contributed by atoms with Crippen LogP contribution < -0.4 is 14.2 Å². The van der Waals surface area contributed by atoms with Gasteiger partial charge in [-0.15, -0.1) is 0 Å². The molecule has 0 aliphatic heterocycles. The molecule has 0 fully saturated rings. The molecule has 0 aliphatic carbocycles. The molecular weight excluding hydrogens is 385 g/mol. The number of esters is 1. The van der Waals surface area contributed by atoms with E-state index in [1.165, 1.54) is 6.07 Å². The summed E-state index contributed by atoms with van der Waals surface area (Å²) in [6, 6.07) is 7.38. The van der Waals surface area contributed by atoms with Gasteiger partial charge in [0.2, 0.25) is 0 Å². The van der Waals surface area contributed by atoms with Gasteiger partial charge in [0.1, 0.15) is 23.9 Å². The fourth-order valence-electron chi connectivity index (χ4n) is 2.87. The average Bonchev–Trinajstić information content (AvgIpc) is 2.66. The second-order valence-electron chi connectivity index (χ2n) is 6.41. The van der Waals surface area contributed by atoms with Gasteiger partial charge in [0.05, 0.1) is 17.7 Å². The van der Waals surface area contributed by atoms with E-state index >= 15 is 0 Å². The second-order valence-corrected chi connectivity index (χ2v) is 6.41. The smallest absolute Gasteiger partial charge is 0.419 e. The van der Waals surface area contributed by atoms with Crippen LogP contribution in [0.1, 0.15) is 49.4 Å². The highest BCUT2D eigenvalue weighted by atomic mass is 19.4. The Bertz CT molecular complexity index is 860. The third-order valence-electron chi connectivity index (χ3n) is 4.40. The summed E-state index contributed by atoms with van der Waals surface area (Å²) >= 11 is 0. The molecule has 0 aromatic heterocycles. The van der Waals surface area contributed by atoms with Gasteiger partial charge in [0.25, 0.3) is 0 Å². The second kappa shape index (κ2) is 9.67. The van der Waals surface area contributed by atoms with Gasteiger partial charge < -0.3 is 14.2 Å². The predicted octanol–water partition coefficient (Wildman–Crippen LogP) is 5.87. The summed E-state index contributed by atoms with van der Waals surface area (Å²) in [4.78, 5) is 11.7. The van der Waals surface area contributed by atoms with Crippen molar-refractivity contribution < 1.29 is 32.2 Å². The fraction of sp³-hybridized carbons (Fsp3) is 0.409. The van der Waals surface area contributed by atoms with Crippen molar-refractivity contribution in [3.05, 3.63) is 52.6 Å². The molecule has 0 saturated carbocycles. The van der Waals surface area contributed by atoms with Crippen LogP contribution in [0.15, 0.2) is 30.3 Å². The number of carbonyl (C=O) groups is 1. The number of rotatable bonds is 8. The molecule has 0 radical (unpaired) electrons. The van der Waals surface area contributed by atoms with Gasteiger partial charge >= 0.3 is 12.1 Å². The zero-order valence-electron chi connectivity index (χ0n) is 17.0. The summed E-state index contributed by atoms with van der Waals surface area (Å²) in [5.41, 5.74) is 0.866. The highest BCUT2D eigenvalue weighted by Gasteiger charge is 2.35. The Morgan fingerprint density at radius 2 is 1.69 bits per heavy atom. The lowest BCUT2D eigenvalue weighted by Crippen LogP contribution is -2.12. The number of hydrogen-bond acceptors (Lipinski definition) is 4. The van der Waals surface area contributed by atoms with Crippen LogP contribution in [-0.2, 0) is 24.0 Å². The molecule has 0 unspecified atom stereocenters. The summed E-state index contributed by atoms with van der Waals surface area (Å²) in [5, 5.41) is 0. The maximum absolute atomic E-state index is 13.5. The molecule has 2 aromatic carbocycles. The molecule has 2 rings (SSSR count). The van der Waals surface area contributed by atoms with Crippen LogP contribution in [0.5, 0.6) is 17.2 Å². The molecule has 0 amide bonds.